The van der Waals surface area contributed by atoms with Crippen LogP contribution in [0.5, 0.6) is 0 Å². The maximum atomic E-state index is 6.42. The van der Waals surface area contributed by atoms with Gasteiger partial charge in [-0.3, -0.25) is 0 Å². The molecule has 0 heteroatoms. The minimum Gasteiger partial charge on any atom is -0.0623 e. The molecule has 0 N–H and O–H groups in total. The van der Waals surface area contributed by atoms with E-state index in [1.165, 1.54) is 12.2 Å². The van der Waals surface area contributed by atoms with Crippen molar-refractivity contribution in [2.45, 2.75) is 0 Å². The second-order valence-corrected chi connectivity index (χ2v) is 0.744. The Morgan fingerprint density at radius 1 is 1.33 bits per heavy atom. The molecular weight excluding hydrogens is 72.1 g/mol. The summed E-state index contributed by atoms with van der Waals surface area (Å²) >= 11 is 0. The Balaban J connectivity index is 3.17. The van der Waals surface area contributed by atoms with Crippen LogP contribution in [0.4, 0.5) is 0 Å². The molecule has 0 rings (SSSR count). The second-order valence-electron chi connectivity index (χ2n) is 0.744. The van der Waals surface area contributed by atoms with E-state index >= 15 is 0 Å². The molecule has 0 aromatic rings. The van der Waals surface area contributed by atoms with Crippen LogP contribution in [-0.2, 0) is 0 Å². The third kappa shape index (κ3) is 3.22. The van der Waals surface area contributed by atoms with Crippen LogP contribution in [-0.4, -0.2) is 0 Å². The lowest BCUT2D eigenvalue weighted by atomic mass is 10.5. The van der Waals surface area contributed by atoms with Gasteiger partial charge >= 0.3 is 0 Å². The fraction of sp³-hybridized carbons (Fsp3) is 0. The van der Waals surface area contributed by atoms with Crippen LogP contribution < -0.4 is 0 Å². The summed E-state index contributed by atoms with van der Waals surface area (Å²) in [7, 11) is 0. The van der Waals surface area contributed by atoms with Crippen molar-refractivity contribution in [1.29, 1.82) is 0 Å². The highest BCUT2D eigenvalue weighted by Gasteiger charge is 1.48. The van der Waals surface area contributed by atoms with Crippen LogP contribution in [0.2, 0.25) is 0 Å². The quantitative estimate of drug-likeness (QED) is 0.437. The van der Waals surface area contributed by atoms with Gasteiger partial charge in [0.2, 0.25) is 0 Å². The standard InChI is InChI=1S/C6H5/c1-3-5-6-4-2/h1,3-6H. The van der Waals surface area contributed by atoms with Crippen LogP contribution in [0, 0.1) is 13.2 Å². The first-order valence-electron chi connectivity index (χ1n) is 1.62. The molecule has 0 atom stereocenters. The van der Waals surface area contributed by atoms with Gasteiger partial charge in [-0.15, -0.1) is 0 Å². The monoisotopic (exact) mass is 77.0 g/mol. The zero-order valence-corrected chi connectivity index (χ0v) is 3.39. The minimum atomic E-state index is 1.17. The fourth-order valence-corrected chi connectivity index (χ4v) is 0.120. The summed E-state index contributed by atoms with van der Waals surface area (Å²) < 4.78 is 0. The maximum Gasteiger partial charge on any atom is -0.00990 e. The lowest BCUT2D eigenvalue weighted by Gasteiger charge is -1.59. The van der Waals surface area contributed by atoms with E-state index in [2.05, 4.69) is 0 Å². The lowest BCUT2D eigenvalue weighted by molar-refractivity contribution is 1.95. The molecule has 29 valence electrons. The highest BCUT2D eigenvalue weighted by atomic mass is 13.5. The molecule has 0 aromatic heterocycles. The molecule has 0 fully saturated rings. The van der Waals surface area contributed by atoms with Crippen molar-refractivity contribution in [3.05, 3.63) is 37.5 Å². The summed E-state index contributed by atoms with van der Waals surface area (Å²) in [6, 6.07) is 0. The molecule has 0 aliphatic carbocycles. The Labute approximate surface area is 38.5 Å². The Morgan fingerprint density at radius 2 is 2.00 bits per heavy atom. The average molecular weight is 77.1 g/mol. The molecule has 6 heavy (non-hydrogen) atoms. The summed E-state index contributed by atoms with van der Waals surface area (Å²) in [5.41, 5.74) is 0. The molecule has 0 aliphatic rings. The highest BCUT2D eigenvalue weighted by Crippen LogP contribution is 1.69. The van der Waals surface area contributed by atoms with Crippen molar-refractivity contribution in [1.82, 2.24) is 0 Å². The zero-order valence-electron chi connectivity index (χ0n) is 3.39. The first-order chi connectivity index (χ1) is 2.91. The molecule has 0 unspecified atom stereocenters. The van der Waals surface area contributed by atoms with Crippen LogP contribution >= 0.6 is 0 Å². The SMILES string of the molecule is [C]=CC=CC=[CH]. The zero-order chi connectivity index (χ0) is 4.83. The van der Waals surface area contributed by atoms with Gasteiger partial charge in [-0.25, -0.2) is 0 Å². The predicted octanol–water partition coefficient (Wildman–Crippen LogP) is 1.40. The molecule has 0 heterocycles. The molecule has 0 saturated heterocycles. The number of allylic oxidation sites excluding steroid dienone is 4. The van der Waals surface area contributed by atoms with Gasteiger partial charge < -0.3 is 0 Å². The second kappa shape index (κ2) is 4.22. The normalized spacial score (nSPS) is 8.67. The van der Waals surface area contributed by atoms with Crippen LogP contribution in [0.15, 0.2) is 24.3 Å². The Kier molecular flexibility index (Phi) is 3.67. The number of rotatable bonds is 2. The number of hydrogen-bond acceptors (Lipinski definition) is 0. The topological polar surface area (TPSA) is 0 Å². The van der Waals surface area contributed by atoms with E-state index in [9.17, 15) is 0 Å². The van der Waals surface area contributed by atoms with Crippen LogP contribution in [0.1, 0.15) is 0 Å². The van der Waals surface area contributed by atoms with Gasteiger partial charge in [0.25, 0.3) is 0 Å². The van der Waals surface area contributed by atoms with E-state index in [4.69, 9.17) is 13.2 Å². The van der Waals surface area contributed by atoms with Crippen molar-refractivity contribution in [3.8, 4) is 0 Å². The Hall–Kier alpha value is -0.780. The smallest absolute Gasteiger partial charge is 0.00990 e. The van der Waals surface area contributed by atoms with Crippen molar-refractivity contribution in [2.24, 2.45) is 0 Å². The summed E-state index contributed by atoms with van der Waals surface area (Å²) in [4.78, 5) is 0. The molecule has 3 radical (unpaired) electrons. The Bertz CT molecular complexity index is 58.1. The van der Waals surface area contributed by atoms with Crippen molar-refractivity contribution in [2.75, 3.05) is 0 Å². The van der Waals surface area contributed by atoms with Gasteiger partial charge in [0.05, 0.1) is 0 Å². The summed E-state index contributed by atoms with van der Waals surface area (Å²) in [6.07, 6.45) is 5.68. The summed E-state index contributed by atoms with van der Waals surface area (Å²) in [5.74, 6) is 0. The van der Waals surface area contributed by atoms with Crippen molar-refractivity contribution >= 4 is 0 Å². The maximum absolute atomic E-state index is 6.42. The van der Waals surface area contributed by atoms with Gasteiger partial charge in [-0.2, -0.15) is 0 Å². The van der Waals surface area contributed by atoms with E-state index in [-0.39, 0.29) is 0 Å². The molecule has 0 bridgehead atoms. The lowest BCUT2D eigenvalue weighted by Crippen LogP contribution is -1.38. The van der Waals surface area contributed by atoms with Crippen LogP contribution in [0.25, 0.3) is 0 Å². The first-order valence-corrected chi connectivity index (χ1v) is 1.62. The van der Waals surface area contributed by atoms with Gasteiger partial charge in [0.15, 0.2) is 0 Å². The minimum absolute atomic E-state index is 1.17. The molecule has 0 amide bonds. The Morgan fingerprint density at radius 3 is 2.17 bits per heavy atom. The first kappa shape index (κ1) is 5.22. The number of hydrogen-bond donors (Lipinski definition) is 0. The van der Waals surface area contributed by atoms with Gasteiger partial charge in [-0.05, 0) is 6.58 Å². The van der Waals surface area contributed by atoms with E-state index in [1.54, 1.807) is 12.2 Å². The van der Waals surface area contributed by atoms with E-state index in [1.807, 2.05) is 0 Å². The highest BCUT2D eigenvalue weighted by molar-refractivity contribution is 5.03. The van der Waals surface area contributed by atoms with Gasteiger partial charge in [0.1, 0.15) is 0 Å². The molecule has 0 aromatic carbocycles. The fourth-order valence-electron chi connectivity index (χ4n) is 0.120. The summed E-state index contributed by atoms with van der Waals surface area (Å²) in [5, 5.41) is 0. The summed E-state index contributed by atoms with van der Waals surface area (Å²) in [6.45, 7) is 11.3. The van der Waals surface area contributed by atoms with E-state index in [0.717, 1.165) is 0 Å². The molecule has 0 nitrogen and oxygen atoms in total. The van der Waals surface area contributed by atoms with Gasteiger partial charge in [-0.1, -0.05) is 30.9 Å². The molecule has 0 aliphatic heterocycles. The van der Waals surface area contributed by atoms with Crippen LogP contribution in [0.3, 0.4) is 0 Å². The molecular formula is C6H5. The van der Waals surface area contributed by atoms with Crippen molar-refractivity contribution < 1.29 is 0 Å². The molecule has 0 spiro atoms. The predicted molar refractivity (Wildman–Crippen MR) is 25.8 cm³/mol. The van der Waals surface area contributed by atoms with Crippen molar-refractivity contribution in [3.63, 3.8) is 0 Å². The van der Waals surface area contributed by atoms with Gasteiger partial charge in [0, 0.05) is 0 Å². The third-order valence-corrected chi connectivity index (χ3v) is 0.318. The third-order valence-electron chi connectivity index (χ3n) is 0.318. The average Bonchev–Trinajstić information content (AvgIpc) is 1.61. The van der Waals surface area contributed by atoms with E-state index < -0.39 is 0 Å². The largest absolute Gasteiger partial charge is 0.0623 e. The van der Waals surface area contributed by atoms with E-state index in [0.29, 0.717) is 0 Å². The molecule has 0 saturated carbocycles.